The molecular weight excluding hydrogens is 383 g/mol. The largest absolute Gasteiger partial charge is 0.369 e. The number of nitrogens with zero attached hydrogens (tertiary/aromatic N) is 3. The molecule has 3 rings (SSSR count). The van der Waals surface area contributed by atoms with E-state index in [-0.39, 0.29) is 30.9 Å². The molecular formula is C20H34Cl2N4O. The fraction of sp³-hybridized carbons (Fsp3) is 0.650. The van der Waals surface area contributed by atoms with Gasteiger partial charge in [-0.2, -0.15) is 0 Å². The van der Waals surface area contributed by atoms with E-state index in [2.05, 4.69) is 47.1 Å². The number of piperazine rings is 1. The molecule has 7 heteroatoms. The topological polar surface area (TPSA) is 52.8 Å². The summed E-state index contributed by atoms with van der Waals surface area (Å²) in [5.74, 6) is 0.892. The number of carbonyl (C=O) groups is 1. The Morgan fingerprint density at radius 1 is 1.04 bits per heavy atom. The van der Waals surface area contributed by atoms with E-state index in [1.807, 2.05) is 4.90 Å². The number of carbonyl (C=O) groups excluding carboxylic acids is 1. The van der Waals surface area contributed by atoms with Gasteiger partial charge in [-0.05, 0) is 37.8 Å². The highest BCUT2D eigenvalue weighted by Crippen LogP contribution is 2.20. The third-order valence-electron chi connectivity index (χ3n) is 5.77. The van der Waals surface area contributed by atoms with Gasteiger partial charge in [0, 0.05) is 64.0 Å². The number of halogens is 2. The van der Waals surface area contributed by atoms with Gasteiger partial charge in [0.2, 0.25) is 5.91 Å². The van der Waals surface area contributed by atoms with Crippen LogP contribution in [0.3, 0.4) is 0 Å². The Bertz CT molecular complexity index is 542. The van der Waals surface area contributed by atoms with E-state index in [1.165, 1.54) is 5.69 Å². The summed E-state index contributed by atoms with van der Waals surface area (Å²) in [5.41, 5.74) is 7.29. The third kappa shape index (κ3) is 6.83. The van der Waals surface area contributed by atoms with E-state index in [1.54, 1.807) is 0 Å². The van der Waals surface area contributed by atoms with E-state index in [0.717, 1.165) is 58.7 Å². The monoisotopic (exact) mass is 416 g/mol. The smallest absolute Gasteiger partial charge is 0.223 e. The lowest BCUT2D eigenvalue weighted by atomic mass is 9.91. The molecule has 2 heterocycles. The average Bonchev–Trinajstić information content (AvgIpc) is 2.67. The van der Waals surface area contributed by atoms with E-state index in [4.69, 9.17) is 5.73 Å². The number of nitrogens with two attached hydrogens (primary N) is 1. The van der Waals surface area contributed by atoms with Gasteiger partial charge in [-0.25, -0.2) is 0 Å². The van der Waals surface area contributed by atoms with Crippen LogP contribution >= 0.6 is 24.8 Å². The number of likely N-dealkylation sites (tertiary alicyclic amines) is 1. The first-order chi connectivity index (χ1) is 12.1. The Hall–Kier alpha value is -1.01. The molecule has 0 saturated carbocycles. The number of benzene rings is 1. The third-order valence-corrected chi connectivity index (χ3v) is 5.77. The molecule has 0 bridgehead atoms. The number of hydrogen-bond donors (Lipinski definition) is 1. The first kappa shape index (κ1) is 24.0. The van der Waals surface area contributed by atoms with Crippen molar-refractivity contribution in [3.05, 3.63) is 30.3 Å². The second-order valence-electron chi connectivity index (χ2n) is 7.49. The minimum Gasteiger partial charge on any atom is -0.369 e. The summed E-state index contributed by atoms with van der Waals surface area (Å²) < 4.78 is 0. The summed E-state index contributed by atoms with van der Waals surface area (Å²) in [6.45, 7) is 8.88. The molecule has 2 aliphatic rings. The van der Waals surface area contributed by atoms with Gasteiger partial charge in [0.1, 0.15) is 0 Å². The van der Waals surface area contributed by atoms with Crippen molar-refractivity contribution in [3.8, 4) is 0 Å². The fourth-order valence-corrected chi connectivity index (χ4v) is 3.96. The molecule has 5 nitrogen and oxygen atoms in total. The maximum absolute atomic E-state index is 12.5. The number of anilines is 1. The SMILES string of the molecule is CC(N)C1CCN(C(=O)CCN2CCN(c3ccccc3)CC2)CC1.Cl.Cl. The molecule has 154 valence electrons. The Morgan fingerprint density at radius 2 is 1.63 bits per heavy atom. The normalized spacial score (nSPS) is 19.8. The van der Waals surface area contributed by atoms with Crippen LogP contribution in [0.2, 0.25) is 0 Å². The highest BCUT2D eigenvalue weighted by atomic mass is 35.5. The Morgan fingerprint density at radius 3 is 2.19 bits per heavy atom. The van der Waals surface area contributed by atoms with Crippen molar-refractivity contribution >= 4 is 36.4 Å². The van der Waals surface area contributed by atoms with Crippen LogP contribution in [0.15, 0.2) is 30.3 Å². The van der Waals surface area contributed by atoms with E-state index >= 15 is 0 Å². The molecule has 0 radical (unpaired) electrons. The van der Waals surface area contributed by atoms with Crippen LogP contribution < -0.4 is 10.6 Å². The Balaban J connectivity index is 0.00000182. The number of para-hydroxylation sites is 1. The predicted octanol–water partition coefficient (Wildman–Crippen LogP) is 2.63. The van der Waals surface area contributed by atoms with Crippen molar-refractivity contribution in [2.75, 3.05) is 50.7 Å². The van der Waals surface area contributed by atoms with Crippen LogP contribution in [0.5, 0.6) is 0 Å². The van der Waals surface area contributed by atoms with Crippen molar-refractivity contribution in [3.63, 3.8) is 0 Å². The quantitative estimate of drug-likeness (QED) is 0.801. The van der Waals surface area contributed by atoms with Crippen molar-refractivity contribution < 1.29 is 4.79 Å². The van der Waals surface area contributed by atoms with Gasteiger partial charge in [-0.1, -0.05) is 18.2 Å². The summed E-state index contributed by atoms with van der Waals surface area (Å²) in [6.07, 6.45) is 2.76. The summed E-state index contributed by atoms with van der Waals surface area (Å²) in [4.78, 5) is 19.4. The predicted molar refractivity (Wildman–Crippen MR) is 117 cm³/mol. The molecule has 2 aliphatic heterocycles. The lowest BCUT2D eigenvalue weighted by Crippen LogP contribution is -2.48. The molecule has 2 saturated heterocycles. The van der Waals surface area contributed by atoms with Crippen molar-refractivity contribution in [2.45, 2.75) is 32.2 Å². The van der Waals surface area contributed by atoms with Crippen molar-refractivity contribution in [1.82, 2.24) is 9.80 Å². The van der Waals surface area contributed by atoms with Gasteiger partial charge in [-0.15, -0.1) is 24.8 Å². The zero-order valence-corrected chi connectivity index (χ0v) is 17.9. The van der Waals surface area contributed by atoms with E-state index in [9.17, 15) is 4.79 Å². The van der Waals surface area contributed by atoms with Crippen LogP contribution in [0.1, 0.15) is 26.2 Å². The van der Waals surface area contributed by atoms with E-state index in [0.29, 0.717) is 18.2 Å². The van der Waals surface area contributed by atoms with Crippen LogP contribution in [0.4, 0.5) is 5.69 Å². The van der Waals surface area contributed by atoms with Gasteiger partial charge < -0.3 is 15.5 Å². The minimum absolute atomic E-state index is 0. The summed E-state index contributed by atoms with van der Waals surface area (Å²) in [5, 5.41) is 0. The van der Waals surface area contributed by atoms with Crippen LogP contribution in [0, 0.1) is 5.92 Å². The summed E-state index contributed by atoms with van der Waals surface area (Å²) >= 11 is 0. The second-order valence-corrected chi connectivity index (χ2v) is 7.49. The molecule has 1 aromatic rings. The molecule has 1 aromatic carbocycles. The molecule has 1 amide bonds. The molecule has 1 atom stereocenters. The number of piperidine rings is 1. The molecule has 0 aromatic heterocycles. The van der Waals surface area contributed by atoms with Gasteiger partial charge in [0.05, 0.1) is 0 Å². The van der Waals surface area contributed by atoms with E-state index < -0.39 is 0 Å². The van der Waals surface area contributed by atoms with Crippen LogP contribution in [-0.2, 0) is 4.79 Å². The zero-order valence-electron chi connectivity index (χ0n) is 16.3. The molecule has 2 N–H and O–H groups in total. The standard InChI is InChI=1S/C20H32N4O.2ClH/c1-17(21)18-7-11-24(12-8-18)20(25)9-10-22-13-15-23(16-14-22)19-5-3-2-4-6-19;;/h2-6,17-18H,7-16,21H2,1H3;2*1H. The van der Waals surface area contributed by atoms with Crippen LogP contribution in [-0.4, -0.2) is 67.6 Å². The molecule has 1 unspecified atom stereocenters. The summed E-state index contributed by atoms with van der Waals surface area (Å²) in [6, 6.07) is 10.8. The van der Waals surface area contributed by atoms with Gasteiger partial charge in [0.15, 0.2) is 0 Å². The first-order valence-electron chi connectivity index (χ1n) is 9.69. The molecule has 27 heavy (non-hydrogen) atoms. The molecule has 0 spiro atoms. The molecule has 2 fully saturated rings. The van der Waals surface area contributed by atoms with Gasteiger partial charge in [0.25, 0.3) is 0 Å². The van der Waals surface area contributed by atoms with Crippen LogP contribution in [0.25, 0.3) is 0 Å². The number of rotatable bonds is 5. The average molecular weight is 417 g/mol. The van der Waals surface area contributed by atoms with Crippen molar-refractivity contribution in [1.29, 1.82) is 0 Å². The van der Waals surface area contributed by atoms with Gasteiger partial charge in [-0.3, -0.25) is 9.69 Å². The second kappa shape index (κ2) is 11.7. The highest BCUT2D eigenvalue weighted by molar-refractivity contribution is 5.85. The lowest BCUT2D eigenvalue weighted by Gasteiger charge is -2.37. The summed E-state index contributed by atoms with van der Waals surface area (Å²) in [7, 11) is 0. The maximum Gasteiger partial charge on any atom is 0.223 e. The van der Waals surface area contributed by atoms with Crippen molar-refractivity contribution in [2.24, 2.45) is 11.7 Å². The first-order valence-corrected chi connectivity index (χ1v) is 9.69. The zero-order chi connectivity index (χ0) is 17.6. The number of hydrogen-bond acceptors (Lipinski definition) is 4. The highest BCUT2D eigenvalue weighted by Gasteiger charge is 2.25. The Labute approximate surface area is 176 Å². The van der Waals surface area contributed by atoms with Gasteiger partial charge >= 0.3 is 0 Å². The Kier molecular flexibility index (Phi) is 10.5. The maximum atomic E-state index is 12.5. The molecule has 0 aliphatic carbocycles. The fourth-order valence-electron chi connectivity index (χ4n) is 3.96. The minimum atomic E-state index is 0. The number of amides is 1. The lowest BCUT2D eigenvalue weighted by molar-refractivity contribution is -0.133.